The molecule has 1 atom stereocenters. The van der Waals surface area contributed by atoms with E-state index in [2.05, 4.69) is 0 Å². The zero-order valence-electron chi connectivity index (χ0n) is 9.97. The molecule has 0 spiro atoms. The number of carboxylic acids is 1. The van der Waals surface area contributed by atoms with Crippen molar-refractivity contribution in [1.82, 2.24) is 0 Å². The van der Waals surface area contributed by atoms with Crippen LogP contribution < -0.4 is 9.47 Å². The summed E-state index contributed by atoms with van der Waals surface area (Å²) in [6.07, 6.45) is 2.46. The van der Waals surface area contributed by atoms with Crippen LogP contribution in [0.15, 0.2) is 18.2 Å². The van der Waals surface area contributed by atoms with Gasteiger partial charge in [-0.25, -0.2) is 0 Å². The molecule has 0 radical (unpaired) electrons. The number of benzene rings is 1. The smallest absolute Gasteiger partial charge is 0.310 e. The van der Waals surface area contributed by atoms with Gasteiger partial charge in [-0.1, -0.05) is 6.07 Å². The summed E-state index contributed by atoms with van der Waals surface area (Å²) in [6, 6.07) is 5.29. The summed E-state index contributed by atoms with van der Waals surface area (Å²) in [6.45, 7) is 1.65. The van der Waals surface area contributed by atoms with Gasteiger partial charge < -0.3 is 14.6 Å². The molecule has 0 amide bonds. The molecule has 2 rings (SSSR count). The second-order valence-corrected chi connectivity index (χ2v) is 4.29. The van der Waals surface area contributed by atoms with Crippen LogP contribution in [0.4, 0.5) is 0 Å². The Kier molecular flexibility index (Phi) is 3.22. The number of aliphatic carboxylic acids is 1. The summed E-state index contributed by atoms with van der Waals surface area (Å²) in [5, 5.41) is 8.95. The van der Waals surface area contributed by atoms with Gasteiger partial charge in [-0.05, 0) is 37.5 Å². The minimum atomic E-state index is -0.845. The predicted molar refractivity (Wildman–Crippen MR) is 62.7 cm³/mol. The topological polar surface area (TPSA) is 55.8 Å². The minimum absolute atomic E-state index is 0.298. The molecule has 1 aromatic carbocycles. The zero-order valence-corrected chi connectivity index (χ0v) is 9.97. The van der Waals surface area contributed by atoms with Gasteiger partial charge in [-0.2, -0.15) is 0 Å². The van der Waals surface area contributed by atoms with E-state index in [9.17, 15) is 4.79 Å². The fourth-order valence-corrected chi connectivity index (χ4v) is 1.56. The first-order valence-corrected chi connectivity index (χ1v) is 5.69. The molecule has 1 aromatic rings. The average Bonchev–Trinajstić information content (AvgIpc) is 3.12. The van der Waals surface area contributed by atoms with Gasteiger partial charge in [-0.15, -0.1) is 0 Å². The van der Waals surface area contributed by atoms with Crippen LogP contribution >= 0.6 is 0 Å². The highest BCUT2D eigenvalue weighted by Gasteiger charge is 2.25. The quantitative estimate of drug-likeness (QED) is 0.853. The number of ether oxygens (including phenoxy) is 2. The second kappa shape index (κ2) is 4.65. The predicted octanol–water partition coefficient (Wildman–Crippen LogP) is 2.42. The lowest BCUT2D eigenvalue weighted by molar-refractivity contribution is -0.138. The van der Waals surface area contributed by atoms with E-state index in [-0.39, 0.29) is 0 Å². The Morgan fingerprint density at radius 1 is 1.41 bits per heavy atom. The van der Waals surface area contributed by atoms with Gasteiger partial charge in [-0.3, -0.25) is 4.79 Å². The fraction of sp³-hybridized carbons (Fsp3) is 0.462. The maximum absolute atomic E-state index is 10.9. The van der Waals surface area contributed by atoms with Crippen molar-refractivity contribution in [1.29, 1.82) is 0 Å². The molecule has 1 fully saturated rings. The fourth-order valence-electron chi connectivity index (χ4n) is 1.56. The van der Waals surface area contributed by atoms with Crippen molar-refractivity contribution in [2.75, 3.05) is 7.11 Å². The van der Waals surface area contributed by atoms with Crippen LogP contribution in [-0.4, -0.2) is 24.3 Å². The maximum atomic E-state index is 10.9. The Morgan fingerprint density at radius 2 is 2.12 bits per heavy atom. The molecule has 0 heterocycles. The highest BCUT2D eigenvalue weighted by molar-refractivity contribution is 5.75. The Labute approximate surface area is 100 Å². The van der Waals surface area contributed by atoms with Gasteiger partial charge in [0.25, 0.3) is 0 Å². The Balaban J connectivity index is 2.22. The lowest BCUT2D eigenvalue weighted by atomic mass is 10.0. The van der Waals surface area contributed by atoms with Crippen molar-refractivity contribution in [3.63, 3.8) is 0 Å². The number of carboxylic acid groups (broad SMARTS) is 1. The molecule has 0 bridgehead atoms. The van der Waals surface area contributed by atoms with Crippen LogP contribution in [-0.2, 0) is 4.79 Å². The van der Waals surface area contributed by atoms with E-state index in [0.717, 1.165) is 18.4 Å². The van der Waals surface area contributed by atoms with Crippen molar-refractivity contribution < 1.29 is 19.4 Å². The van der Waals surface area contributed by atoms with Gasteiger partial charge >= 0.3 is 5.97 Å². The molecule has 0 aromatic heterocycles. The highest BCUT2D eigenvalue weighted by atomic mass is 16.5. The summed E-state index contributed by atoms with van der Waals surface area (Å²) in [5.41, 5.74) is 0.720. The van der Waals surface area contributed by atoms with E-state index in [4.69, 9.17) is 14.6 Å². The van der Waals surface area contributed by atoms with E-state index in [1.165, 1.54) is 0 Å². The summed E-state index contributed by atoms with van der Waals surface area (Å²) in [4.78, 5) is 10.9. The molecule has 0 aliphatic heterocycles. The van der Waals surface area contributed by atoms with Crippen LogP contribution in [0.1, 0.15) is 31.2 Å². The summed E-state index contributed by atoms with van der Waals surface area (Å²) < 4.78 is 10.9. The molecule has 4 nitrogen and oxygen atoms in total. The second-order valence-electron chi connectivity index (χ2n) is 4.29. The SMILES string of the molecule is COc1cc(C(C)C(=O)O)ccc1OC1CC1. The third-order valence-corrected chi connectivity index (χ3v) is 2.88. The average molecular weight is 236 g/mol. The van der Waals surface area contributed by atoms with Crippen molar-refractivity contribution in [2.45, 2.75) is 31.8 Å². The first-order valence-electron chi connectivity index (χ1n) is 5.69. The summed E-state index contributed by atoms with van der Waals surface area (Å²) >= 11 is 0. The van der Waals surface area contributed by atoms with Crippen molar-refractivity contribution in [2.24, 2.45) is 0 Å². The third-order valence-electron chi connectivity index (χ3n) is 2.88. The van der Waals surface area contributed by atoms with Gasteiger partial charge in [0, 0.05) is 0 Å². The molecule has 1 saturated carbocycles. The van der Waals surface area contributed by atoms with Gasteiger partial charge in [0.05, 0.1) is 19.1 Å². The third kappa shape index (κ3) is 2.70. The maximum Gasteiger partial charge on any atom is 0.310 e. The lowest BCUT2D eigenvalue weighted by Crippen LogP contribution is -2.08. The van der Waals surface area contributed by atoms with Crippen molar-refractivity contribution in [3.05, 3.63) is 23.8 Å². The number of carbonyl (C=O) groups is 1. The van der Waals surface area contributed by atoms with E-state index >= 15 is 0 Å². The van der Waals surface area contributed by atoms with E-state index < -0.39 is 11.9 Å². The zero-order chi connectivity index (χ0) is 12.4. The lowest BCUT2D eigenvalue weighted by Gasteiger charge is -2.13. The molecule has 17 heavy (non-hydrogen) atoms. The number of hydrogen-bond acceptors (Lipinski definition) is 3. The standard InChI is InChI=1S/C13H16O4/c1-8(13(14)15)9-3-6-11(12(7-9)16-2)17-10-4-5-10/h3,6-8,10H,4-5H2,1-2H3,(H,14,15). The van der Waals surface area contributed by atoms with Gasteiger partial charge in [0.15, 0.2) is 11.5 Å². The van der Waals surface area contributed by atoms with Crippen LogP contribution in [0.25, 0.3) is 0 Å². The molecule has 1 unspecified atom stereocenters. The van der Waals surface area contributed by atoms with Crippen LogP contribution in [0.5, 0.6) is 11.5 Å². The Bertz CT molecular complexity index is 423. The Morgan fingerprint density at radius 3 is 2.65 bits per heavy atom. The highest BCUT2D eigenvalue weighted by Crippen LogP contribution is 2.35. The van der Waals surface area contributed by atoms with E-state index in [1.807, 2.05) is 0 Å². The van der Waals surface area contributed by atoms with Crippen LogP contribution in [0, 0.1) is 0 Å². The molecule has 1 aliphatic carbocycles. The molecule has 1 N–H and O–H groups in total. The normalized spacial score (nSPS) is 16.4. The van der Waals surface area contributed by atoms with Gasteiger partial charge in [0.1, 0.15) is 0 Å². The number of rotatable bonds is 5. The van der Waals surface area contributed by atoms with Crippen molar-refractivity contribution in [3.8, 4) is 11.5 Å². The minimum Gasteiger partial charge on any atom is -0.493 e. The first-order chi connectivity index (χ1) is 8.11. The van der Waals surface area contributed by atoms with Crippen LogP contribution in [0.3, 0.4) is 0 Å². The number of hydrogen-bond donors (Lipinski definition) is 1. The Hall–Kier alpha value is -1.71. The molecule has 0 saturated heterocycles. The first kappa shape index (κ1) is 11.8. The summed E-state index contributed by atoms with van der Waals surface area (Å²) in [5.74, 6) is -0.0966. The van der Waals surface area contributed by atoms with Gasteiger partial charge in [0.2, 0.25) is 0 Å². The number of methoxy groups -OCH3 is 1. The van der Waals surface area contributed by atoms with E-state index in [1.54, 1.807) is 32.2 Å². The molecule has 1 aliphatic rings. The summed E-state index contributed by atoms with van der Waals surface area (Å²) in [7, 11) is 1.56. The molecule has 92 valence electrons. The van der Waals surface area contributed by atoms with Crippen molar-refractivity contribution >= 4 is 5.97 Å². The molecular formula is C13H16O4. The molecular weight excluding hydrogens is 220 g/mol. The molecule has 4 heteroatoms. The monoisotopic (exact) mass is 236 g/mol. The van der Waals surface area contributed by atoms with Crippen LogP contribution in [0.2, 0.25) is 0 Å². The van der Waals surface area contributed by atoms with E-state index in [0.29, 0.717) is 17.6 Å². The largest absolute Gasteiger partial charge is 0.493 e.